The number of hydrogen-bond donors (Lipinski definition) is 2. The zero-order valence-corrected chi connectivity index (χ0v) is 13.9. The molecule has 1 fully saturated rings. The van der Waals surface area contributed by atoms with Crippen LogP contribution in [0.25, 0.3) is 0 Å². The highest BCUT2D eigenvalue weighted by Crippen LogP contribution is 2.27. The first-order valence-corrected chi connectivity index (χ1v) is 8.83. The van der Waals surface area contributed by atoms with Crippen molar-refractivity contribution >= 4 is 37.8 Å². The molecular weight excluding hydrogens is 360 g/mol. The van der Waals surface area contributed by atoms with Crippen LogP contribution in [0.5, 0.6) is 0 Å². The van der Waals surface area contributed by atoms with Crippen LogP contribution in [0.1, 0.15) is 24.8 Å². The summed E-state index contributed by atoms with van der Waals surface area (Å²) in [6.07, 6.45) is 1.72. The lowest BCUT2D eigenvalue weighted by atomic mass is 10.1. The molecule has 1 saturated heterocycles. The molecule has 0 saturated carbocycles. The molecule has 0 aromatic heterocycles. The fourth-order valence-electron chi connectivity index (χ4n) is 2.35. The first kappa shape index (κ1) is 16.3. The van der Waals surface area contributed by atoms with Crippen LogP contribution < -0.4 is 4.72 Å². The Labute approximate surface area is 132 Å². The van der Waals surface area contributed by atoms with Gasteiger partial charge in [0.15, 0.2) is 0 Å². The second-order valence-corrected chi connectivity index (χ2v) is 7.53. The number of piperidine rings is 1. The van der Waals surface area contributed by atoms with Crippen LogP contribution in [0.2, 0.25) is 0 Å². The van der Waals surface area contributed by atoms with E-state index in [0.717, 1.165) is 16.3 Å². The number of hydrogen-bond acceptors (Lipinski definition) is 3. The summed E-state index contributed by atoms with van der Waals surface area (Å²) in [7, 11) is -3.90. The lowest BCUT2D eigenvalue weighted by Gasteiger charge is -2.32. The second kappa shape index (κ2) is 6.33. The number of carbonyl (C=O) groups is 1. The first-order chi connectivity index (χ1) is 9.81. The van der Waals surface area contributed by atoms with Crippen molar-refractivity contribution in [2.24, 2.45) is 0 Å². The summed E-state index contributed by atoms with van der Waals surface area (Å²) in [5.41, 5.74) is 1.31. The van der Waals surface area contributed by atoms with Gasteiger partial charge in [0.05, 0.1) is 5.69 Å². The SMILES string of the molecule is Cc1ccc(Br)c(NS(=O)(=O)N2CCCCC2C(=O)O)c1. The number of rotatable bonds is 4. The predicted molar refractivity (Wildman–Crippen MR) is 83.4 cm³/mol. The van der Waals surface area contributed by atoms with Crippen molar-refractivity contribution in [3.05, 3.63) is 28.2 Å². The molecule has 1 aliphatic heterocycles. The van der Waals surface area contributed by atoms with Gasteiger partial charge in [0, 0.05) is 11.0 Å². The third-order valence-corrected chi connectivity index (χ3v) is 5.63. The molecule has 1 aromatic rings. The van der Waals surface area contributed by atoms with Gasteiger partial charge in [-0.25, -0.2) is 0 Å². The highest BCUT2D eigenvalue weighted by molar-refractivity contribution is 9.10. The van der Waals surface area contributed by atoms with Gasteiger partial charge in [0.1, 0.15) is 6.04 Å². The van der Waals surface area contributed by atoms with Crippen LogP contribution in [-0.4, -0.2) is 36.4 Å². The highest BCUT2D eigenvalue weighted by Gasteiger charge is 2.36. The van der Waals surface area contributed by atoms with E-state index in [2.05, 4.69) is 20.7 Å². The molecule has 8 heteroatoms. The van der Waals surface area contributed by atoms with E-state index in [9.17, 15) is 18.3 Å². The summed E-state index contributed by atoms with van der Waals surface area (Å²) in [4.78, 5) is 11.2. The molecule has 1 unspecified atom stereocenters. The van der Waals surface area contributed by atoms with Crippen molar-refractivity contribution in [3.63, 3.8) is 0 Å². The molecule has 0 bridgehead atoms. The maximum absolute atomic E-state index is 12.5. The molecule has 21 heavy (non-hydrogen) atoms. The number of aliphatic carboxylic acids is 1. The molecule has 1 aromatic carbocycles. The molecule has 0 amide bonds. The number of anilines is 1. The molecule has 0 spiro atoms. The van der Waals surface area contributed by atoms with Crippen molar-refractivity contribution in [1.82, 2.24) is 4.31 Å². The topological polar surface area (TPSA) is 86.7 Å². The summed E-state index contributed by atoms with van der Waals surface area (Å²) in [6.45, 7) is 2.07. The molecule has 6 nitrogen and oxygen atoms in total. The first-order valence-electron chi connectivity index (χ1n) is 6.60. The Morgan fingerprint density at radius 1 is 1.43 bits per heavy atom. The monoisotopic (exact) mass is 376 g/mol. The number of nitrogens with one attached hydrogen (secondary N) is 1. The molecule has 1 aliphatic rings. The lowest BCUT2D eigenvalue weighted by Crippen LogP contribution is -2.49. The quantitative estimate of drug-likeness (QED) is 0.844. The average Bonchev–Trinajstić information content (AvgIpc) is 2.42. The molecule has 2 rings (SSSR count). The maximum Gasteiger partial charge on any atom is 0.322 e. The molecule has 1 atom stereocenters. The lowest BCUT2D eigenvalue weighted by molar-refractivity contribution is -0.142. The molecule has 2 N–H and O–H groups in total. The average molecular weight is 377 g/mol. The van der Waals surface area contributed by atoms with Gasteiger partial charge in [-0.3, -0.25) is 9.52 Å². The summed E-state index contributed by atoms with van der Waals surface area (Å²) in [5.74, 6) is -1.11. The standard InChI is InChI=1S/C13H17BrN2O4S/c1-9-5-6-10(14)11(8-9)15-21(19,20)16-7-3-2-4-12(16)13(17)18/h5-6,8,12,15H,2-4,7H2,1H3,(H,17,18). The van der Waals surface area contributed by atoms with E-state index in [0.29, 0.717) is 23.0 Å². The zero-order chi connectivity index (χ0) is 15.6. The number of carboxylic acid groups (broad SMARTS) is 1. The molecular formula is C13H17BrN2O4S. The molecule has 1 heterocycles. The van der Waals surface area contributed by atoms with E-state index in [1.807, 2.05) is 13.0 Å². The van der Waals surface area contributed by atoms with Crippen LogP contribution >= 0.6 is 15.9 Å². The van der Waals surface area contributed by atoms with E-state index in [1.54, 1.807) is 12.1 Å². The zero-order valence-electron chi connectivity index (χ0n) is 11.5. The molecule has 0 radical (unpaired) electrons. The summed E-state index contributed by atoms with van der Waals surface area (Å²) >= 11 is 3.29. The van der Waals surface area contributed by atoms with E-state index < -0.39 is 22.2 Å². The van der Waals surface area contributed by atoms with Gasteiger partial charge in [-0.2, -0.15) is 12.7 Å². The van der Waals surface area contributed by atoms with Gasteiger partial charge < -0.3 is 5.11 Å². The highest BCUT2D eigenvalue weighted by atomic mass is 79.9. The third kappa shape index (κ3) is 3.75. The normalized spacial score (nSPS) is 20.2. The van der Waals surface area contributed by atoms with Crippen LogP contribution in [0.3, 0.4) is 0 Å². The van der Waals surface area contributed by atoms with Gasteiger partial charge in [0.25, 0.3) is 0 Å². The van der Waals surface area contributed by atoms with E-state index in [4.69, 9.17) is 0 Å². The summed E-state index contributed by atoms with van der Waals surface area (Å²) < 4.78 is 29.0. The van der Waals surface area contributed by atoms with Gasteiger partial charge in [-0.15, -0.1) is 0 Å². The number of nitrogens with zero attached hydrogens (tertiary/aromatic N) is 1. The fourth-order valence-corrected chi connectivity index (χ4v) is 4.30. The maximum atomic E-state index is 12.5. The second-order valence-electron chi connectivity index (χ2n) is 5.05. The molecule has 0 aliphatic carbocycles. The van der Waals surface area contributed by atoms with Gasteiger partial charge >= 0.3 is 16.2 Å². The van der Waals surface area contributed by atoms with Crippen molar-refractivity contribution in [3.8, 4) is 0 Å². The van der Waals surface area contributed by atoms with Crippen LogP contribution in [0.15, 0.2) is 22.7 Å². The van der Waals surface area contributed by atoms with Gasteiger partial charge in [-0.05, 0) is 59.8 Å². The van der Waals surface area contributed by atoms with Crippen LogP contribution in [0, 0.1) is 6.92 Å². The Kier molecular flexibility index (Phi) is 4.90. The smallest absolute Gasteiger partial charge is 0.322 e. The van der Waals surface area contributed by atoms with E-state index in [1.165, 1.54) is 0 Å². The third-order valence-electron chi connectivity index (χ3n) is 3.41. The Hall–Kier alpha value is -1.12. The number of benzene rings is 1. The van der Waals surface area contributed by atoms with Crippen molar-refractivity contribution in [1.29, 1.82) is 0 Å². The number of carboxylic acids is 1. The fraction of sp³-hybridized carbons (Fsp3) is 0.462. The van der Waals surface area contributed by atoms with E-state index >= 15 is 0 Å². The Bertz CT molecular complexity index is 648. The van der Waals surface area contributed by atoms with Crippen LogP contribution in [0.4, 0.5) is 5.69 Å². The van der Waals surface area contributed by atoms with Crippen molar-refractivity contribution in [2.45, 2.75) is 32.2 Å². The van der Waals surface area contributed by atoms with Crippen molar-refractivity contribution < 1.29 is 18.3 Å². The predicted octanol–water partition coefficient (Wildman–Crippen LogP) is 2.35. The van der Waals surface area contributed by atoms with Gasteiger partial charge in [-0.1, -0.05) is 6.07 Å². The van der Waals surface area contributed by atoms with Gasteiger partial charge in [0.2, 0.25) is 0 Å². The Balaban J connectivity index is 2.28. The number of aryl methyl sites for hydroxylation is 1. The molecule has 116 valence electrons. The summed E-state index contributed by atoms with van der Waals surface area (Å²) in [5, 5.41) is 9.19. The largest absolute Gasteiger partial charge is 0.480 e. The minimum absolute atomic E-state index is 0.218. The number of halogens is 1. The Morgan fingerprint density at radius 2 is 2.14 bits per heavy atom. The van der Waals surface area contributed by atoms with Crippen molar-refractivity contribution in [2.75, 3.05) is 11.3 Å². The van der Waals surface area contributed by atoms with E-state index in [-0.39, 0.29) is 6.54 Å². The minimum Gasteiger partial charge on any atom is -0.480 e. The summed E-state index contributed by atoms with van der Waals surface area (Å²) in [6, 6.07) is 4.29. The Morgan fingerprint density at radius 3 is 2.81 bits per heavy atom. The minimum atomic E-state index is -3.90. The van der Waals surface area contributed by atoms with Crippen LogP contribution in [-0.2, 0) is 15.0 Å².